The summed E-state index contributed by atoms with van der Waals surface area (Å²) in [6.45, 7) is 5.34. The molecule has 3 nitrogen and oxygen atoms in total. The number of hydrogen-bond acceptors (Lipinski definition) is 3. The average molecular weight is 194 g/mol. The number of nitrogens with two attached hydrogens (primary N) is 1. The van der Waals surface area contributed by atoms with Crippen molar-refractivity contribution in [2.24, 2.45) is 5.73 Å². The van der Waals surface area contributed by atoms with Gasteiger partial charge in [-0.05, 0) is 31.5 Å². The molecule has 3 N–H and O–H groups in total. The van der Waals surface area contributed by atoms with Crippen molar-refractivity contribution >= 4 is 0 Å². The van der Waals surface area contributed by atoms with Crippen LogP contribution in [0.5, 0.6) is 5.75 Å². The average Bonchev–Trinajstić information content (AvgIpc) is 2.16. The Morgan fingerprint density at radius 1 is 1.29 bits per heavy atom. The largest absolute Gasteiger partial charge is 0.491 e. The van der Waals surface area contributed by atoms with Crippen molar-refractivity contribution in [3.63, 3.8) is 0 Å². The molecule has 0 atom stereocenters. The molecule has 1 rings (SSSR count). The molecule has 0 fully saturated rings. The summed E-state index contributed by atoms with van der Waals surface area (Å²) in [5.74, 6) is 0.913. The molecule has 0 saturated carbocycles. The van der Waals surface area contributed by atoms with Crippen LogP contribution in [0.2, 0.25) is 0 Å². The van der Waals surface area contributed by atoms with E-state index in [0.29, 0.717) is 6.67 Å². The maximum Gasteiger partial charge on any atom is 0.119 e. The molecule has 0 amide bonds. The molecule has 0 aliphatic carbocycles. The first-order chi connectivity index (χ1) is 6.72. The summed E-state index contributed by atoms with van der Waals surface area (Å²) < 4.78 is 5.53. The first-order valence-corrected chi connectivity index (χ1v) is 4.88. The van der Waals surface area contributed by atoms with Crippen LogP contribution in [-0.4, -0.2) is 12.8 Å². The SMILES string of the molecule is CC(C)Oc1ccc(CNCN)cc1. The minimum atomic E-state index is 0.225. The van der Waals surface area contributed by atoms with Crippen molar-refractivity contribution in [2.45, 2.75) is 26.5 Å². The van der Waals surface area contributed by atoms with Crippen LogP contribution in [-0.2, 0) is 6.54 Å². The standard InChI is InChI=1S/C11H18N2O/c1-9(2)14-11-5-3-10(4-6-11)7-13-8-12/h3-6,9,13H,7-8,12H2,1-2H3. The summed E-state index contributed by atoms with van der Waals surface area (Å²) in [5.41, 5.74) is 6.55. The molecule has 0 bridgehead atoms. The third kappa shape index (κ3) is 3.77. The molecular formula is C11H18N2O. The Balaban J connectivity index is 2.50. The molecule has 0 aromatic heterocycles. The zero-order valence-electron chi connectivity index (χ0n) is 8.79. The highest BCUT2D eigenvalue weighted by Gasteiger charge is 1.97. The van der Waals surface area contributed by atoms with Gasteiger partial charge in [0.1, 0.15) is 5.75 Å². The van der Waals surface area contributed by atoms with Crippen molar-refractivity contribution < 1.29 is 4.74 Å². The fourth-order valence-corrected chi connectivity index (χ4v) is 1.17. The van der Waals surface area contributed by atoms with E-state index in [9.17, 15) is 0 Å². The van der Waals surface area contributed by atoms with E-state index < -0.39 is 0 Å². The highest BCUT2D eigenvalue weighted by molar-refractivity contribution is 5.27. The lowest BCUT2D eigenvalue weighted by Gasteiger charge is -2.10. The Morgan fingerprint density at radius 2 is 1.93 bits per heavy atom. The summed E-state index contributed by atoms with van der Waals surface area (Å²) in [7, 11) is 0. The van der Waals surface area contributed by atoms with E-state index in [1.54, 1.807) is 0 Å². The maximum absolute atomic E-state index is 5.53. The monoisotopic (exact) mass is 194 g/mol. The molecule has 0 aliphatic heterocycles. The smallest absolute Gasteiger partial charge is 0.119 e. The molecular weight excluding hydrogens is 176 g/mol. The molecule has 78 valence electrons. The van der Waals surface area contributed by atoms with E-state index in [2.05, 4.69) is 5.32 Å². The molecule has 0 heterocycles. The molecule has 3 heteroatoms. The lowest BCUT2D eigenvalue weighted by molar-refractivity contribution is 0.242. The van der Waals surface area contributed by atoms with Gasteiger partial charge in [0.05, 0.1) is 6.10 Å². The fourth-order valence-electron chi connectivity index (χ4n) is 1.17. The van der Waals surface area contributed by atoms with Crippen LogP contribution in [0.4, 0.5) is 0 Å². The van der Waals surface area contributed by atoms with E-state index in [1.807, 2.05) is 38.1 Å². The Kier molecular flexibility index (Phi) is 4.43. The van der Waals surface area contributed by atoms with Crippen molar-refractivity contribution in [3.8, 4) is 5.75 Å². The first kappa shape index (κ1) is 11.0. The minimum Gasteiger partial charge on any atom is -0.491 e. The summed E-state index contributed by atoms with van der Waals surface area (Å²) in [5, 5.41) is 3.06. The summed E-state index contributed by atoms with van der Waals surface area (Å²) in [6, 6.07) is 8.04. The van der Waals surface area contributed by atoms with Crippen LogP contribution < -0.4 is 15.8 Å². The molecule has 0 aliphatic rings. The Bertz CT molecular complexity index is 256. The second-order valence-electron chi connectivity index (χ2n) is 3.44. The minimum absolute atomic E-state index is 0.225. The second kappa shape index (κ2) is 5.62. The second-order valence-corrected chi connectivity index (χ2v) is 3.44. The number of rotatable bonds is 5. The topological polar surface area (TPSA) is 47.3 Å². The Labute approximate surface area is 85.3 Å². The van der Waals surface area contributed by atoms with E-state index >= 15 is 0 Å². The molecule has 0 unspecified atom stereocenters. The number of hydrogen-bond donors (Lipinski definition) is 2. The maximum atomic E-state index is 5.53. The van der Waals surface area contributed by atoms with Crippen LogP contribution in [0.1, 0.15) is 19.4 Å². The Hall–Kier alpha value is -1.06. The van der Waals surface area contributed by atoms with Crippen LogP contribution >= 0.6 is 0 Å². The van der Waals surface area contributed by atoms with Gasteiger partial charge in [0.25, 0.3) is 0 Å². The van der Waals surface area contributed by atoms with Gasteiger partial charge in [-0.15, -0.1) is 0 Å². The van der Waals surface area contributed by atoms with Crippen LogP contribution in [0.3, 0.4) is 0 Å². The summed E-state index contributed by atoms with van der Waals surface area (Å²) >= 11 is 0. The molecule has 0 saturated heterocycles. The van der Waals surface area contributed by atoms with E-state index in [0.717, 1.165) is 12.3 Å². The number of benzene rings is 1. The molecule has 1 aromatic rings. The van der Waals surface area contributed by atoms with Crippen molar-refractivity contribution in [2.75, 3.05) is 6.67 Å². The van der Waals surface area contributed by atoms with Gasteiger partial charge in [0.15, 0.2) is 0 Å². The summed E-state index contributed by atoms with van der Waals surface area (Å²) in [6.07, 6.45) is 0.225. The predicted molar refractivity (Wildman–Crippen MR) is 58.1 cm³/mol. The zero-order chi connectivity index (χ0) is 10.4. The van der Waals surface area contributed by atoms with Gasteiger partial charge in [0, 0.05) is 13.2 Å². The summed E-state index contributed by atoms with van der Waals surface area (Å²) in [4.78, 5) is 0. The van der Waals surface area contributed by atoms with Gasteiger partial charge in [-0.3, -0.25) is 0 Å². The van der Waals surface area contributed by atoms with Gasteiger partial charge in [-0.25, -0.2) is 0 Å². The molecule has 0 spiro atoms. The molecule has 14 heavy (non-hydrogen) atoms. The quantitative estimate of drug-likeness (QED) is 0.698. The van der Waals surface area contributed by atoms with Crippen molar-refractivity contribution in [1.29, 1.82) is 0 Å². The van der Waals surface area contributed by atoms with E-state index in [4.69, 9.17) is 10.5 Å². The van der Waals surface area contributed by atoms with Gasteiger partial charge < -0.3 is 15.8 Å². The van der Waals surface area contributed by atoms with Crippen LogP contribution in [0.15, 0.2) is 24.3 Å². The lowest BCUT2D eigenvalue weighted by atomic mass is 10.2. The van der Waals surface area contributed by atoms with Crippen molar-refractivity contribution in [3.05, 3.63) is 29.8 Å². The first-order valence-electron chi connectivity index (χ1n) is 4.88. The molecule has 0 radical (unpaired) electrons. The van der Waals surface area contributed by atoms with Gasteiger partial charge in [-0.1, -0.05) is 12.1 Å². The number of ether oxygens (including phenoxy) is 1. The number of nitrogens with one attached hydrogen (secondary N) is 1. The van der Waals surface area contributed by atoms with Gasteiger partial charge in [-0.2, -0.15) is 0 Å². The highest BCUT2D eigenvalue weighted by atomic mass is 16.5. The van der Waals surface area contributed by atoms with Crippen LogP contribution in [0.25, 0.3) is 0 Å². The third-order valence-electron chi connectivity index (χ3n) is 1.77. The van der Waals surface area contributed by atoms with Gasteiger partial charge >= 0.3 is 0 Å². The Morgan fingerprint density at radius 3 is 2.43 bits per heavy atom. The fraction of sp³-hybridized carbons (Fsp3) is 0.455. The lowest BCUT2D eigenvalue weighted by Crippen LogP contribution is -2.21. The van der Waals surface area contributed by atoms with Gasteiger partial charge in [0.2, 0.25) is 0 Å². The molecule has 1 aromatic carbocycles. The third-order valence-corrected chi connectivity index (χ3v) is 1.77. The van der Waals surface area contributed by atoms with Crippen LogP contribution in [0, 0.1) is 0 Å². The van der Waals surface area contributed by atoms with E-state index in [1.165, 1.54) is 5.56 Å². The van der Waals surface area contributed by atoms with E-state index in [-0.39, 0.29) is 6.10 Å². The van der Waals surface area contributed by atoms with Crippen molar-refractivity contribution in [1.82, 2.24) is 5.32 Å². The normalized spacial score (nSPS) is 10.6. The predicted octanol–water partition coefficient (Wildman–Crippen LogP) is 1.48. The highest BCUT2D eigenvalue weighted by Crippen LogP contribution is 2.13. The zero-order valence-corrected chi connectivity index (χ0v) is 8.79.